The lowest BCUT2D eigenvalue weighted by Gasteiger charge is -2.34. The lowest BCUT2D eigenvalue weighted by atomic mass is 9.82. The molecule has 3 rings (SSSR count). The minimum atomic E-state index is 0.170. The number of carbonyl (C=O) groups is 1. The van der Waals surface area contributed by atoms with Crippen LogP contribution in [-0.2, 0) is 0 Å². The second-order valence-corrected chi connectivity index (χ2v) is 9.50. The van der Waals surface area contributed by atoms with E-state index in [1.807, 2.05) is 47.1 Å². The van der Waals surface area contributed by atoms with Crippen molar-refractivity contribution in [2.24, 2.45) is 27.8 Å². The van der Waals surface area contributed by atoms with Crippen LogP contribution in [0.4, 0.5) is 0 Å². The van der Waals surface area contributed by atoms with E-state index >= 15 is 0 Å². The van der Waals surface area contributed by atoms with Gasteiger partial charge < -0.3 is 4.40 Å². The molecular weight excluding hydrogens is 422 g/mol. The summed E-state index contributed by atoms with van der Waals surface area (Å²) in [6, 6.07) is 3.77. The highest BCUT2D eigenvalue weighted by Gasteiger charge is 2.29. The molecule has 0 saturated carbocycles. The first kappa shape index (κ1) is 25.6. The van der Waals surface area contributed by atoms with Crippen molar-refractivity contribution in [3.63, 3.8) is 0 Å². The van der Waals surface area contributed by atoms with Crippen molar-refractivity contribution in [3.05, 3.63) is 60.5 Å². The van der Waals surface area contributed by atoms with Crippen LogP contribution in [0.25, 0.3) is 5.65 Å². The van der Waals surface area contributed by atoms with Gasteiger partial charge in [0, 0.05) is 54.1 Å². The highest BCUT2D eigenvalue weighted by molar-refractivity contribution is 5.96. The van der Waals surface area contributed by atoms with E-state index in [0.29, 0.717) is 24.1 Å². The molecule has 0 spiro atoms. The van der Waals surface area contributed by atoms with Crippen LogP contribution in [0.5, 0.6) is 0 Å². The summed E-state index contributed by atoms with van der Waals surface area (Å²) in [5, 5.41) is 6.71. The minimum Gasteiger partial charge on any atom is -0.306 e. The lowest BCUT2D eigenvalue weighted by Crippen LogP contribution is -2.29. The maximum Gasteiger partial charge on any atom is 0.164 e. The standard InChI is InChI=1S/C28H39N5O/c1-7-10-21(4)25(26-17-22(5)31-23(6)33(26)30-18-20(3)8-2)11-9-12-27(34)24-13-14-28-29-15-16-32(28)19-24/h13-21,25H,6-12H2,1-5H3/b30-18-. The quantitative estimate of drug-likeness (QED) is 0.255. The average Bonchev–Trinajstić information content (AvgIpc) is 3.28. The molecular formula is C28H39N5O. The molecule has 3 atom stereocenters. The van der Waals surface area contributed by atoms with E-state index in [4.69, 9.17) is 5.10 Å². The number of fused-ring (bicyclic) bond motifs is 1. The molecule has 6 nitrogen and oxygen atoms in total. The topological polar surface area (TPSA) is 62.3 Å². The highest BCUT2D eigenvalue weighted by Crippen LogP contribution is 2.35. The molecule has 0 fully saturated rings. The number of aliphatic imine (C=N–C) groups is 1. The smallest absolute Gasteiger partial charge is 0.164 e. The molecule has 0 bridgehead atoms. The van der Waals surface area contributed by atoms with E-state index in [9.17, 15) is 4.79 Å². The summed E-state index contributed by atoms with van der Waals surface area (Å²) >= 11 is 0. The van der Waals surface area contributed by atoms with Crippen molar-refractivity contribution in [1.82, 2.24) is 14.4 Å². The number of hydrogen-bond acceptors (Lipinski definition) is 5. The van der Waals surface area contributed by atoms with Gasteiger partial charge in [-0.1, -0.05) is 47.1 Å². The van der Waals surface area contributed by atoms with Crippen molar-refractivity contribution < 1.29 is 4.79 Å². The van der Waals surface area contributed by atoms with Gasteiger partial charge in [0.05, 0.1) is 0 Å². The second kappa shape index (κ2) is 11.9. The minimum absolute atomic E-state index is 0.170. The Morgan fingerprint density at radius 2 is 2.03 bits per heavy atom. The summed E-state index contributed by atoms with van der Waals surface area (Å²) in [5.74, 6) is 1.96. The molecule has 1 aliphatic heterocycles. The molecule has 3 heterocycles. The van der Waals surface area contributed by atoms with Gasteiger partial charge >= 0.3 is 0 Å². The van der Waals surface area contributed by atoms with Crippen LogP contribution in [0.1, 0.15) is 83.5 Å². The van der Waals surface area contributed by atoms with Crippen LogP contribution in [-0.4, -0.2) is 32.1 Å². The number of rotatable bonds is 12. The molecule has 2 aromatic rings. The molecule has 0 amide bonds. The van der Waals surface area contributed by atoms with E-state index in [-0.39, 0.29) is 11.7 Å². The van der Waals surface area contributed by atoms with Crippen molar-refractivity contribution in [3.8, 4) is 0 Å². The summed E-state index contributed by atoms with van der Waals surface area (Å²) in [6.07, 6.45) is 15.2. The summed E-state index contributed by atoms with van der Waals surface area (Å²) in [5.41, 5.74) is 3.68. The summed E-state index contributed by atoms with van der Waals surface area (Å²) < 4.78 is 1.90. The number of pyridine rings is 1. The van der Waals surface area contributed by atoms with Gasteiger partial charge in [0.15, 0.2) is 5.78 Å². The zero-order chi connectivity index (χ0) is 24.7. The Morgan fingerprint density at radius 3 is 2.76 bits per heavy atom. The predicted molar refractivity (Wildman–Crippen MR) is 141 cm³/mol. The van der Waals surface area contributed by atoms with Crippen molar-refractivity contribution in [1.29, 1.82) is 0 Å². The molecule has 0 aromatic carbocycles. The molecule has 182 valence electrons. The number of nitrogens with zero attached hydrogens (tertiary/aromatic N) is 5. The number of hydrazone groups is 1. The number of Topliss-reactive ketones (excluding diaryl/α,β-unsaturated/α-hetero) is 1. The number of aromatic nitrogens is 2. The first-order valence-corrected chi connectivity index (χ1v) is 12.6. The molecule has 3 unspecified atom stereocenters. The second-order valence-electron chi connectivity index (χ2n) is 9.50. The number of carbonyl (C=O) groups excluding carboxylic acids is 1. The molecule has 0 N–H and O–H groups in total. The third kappa shape index (κ3) is 6.31. The predicted octanol–water partition coefficient (Wildman–Crippen LogP) is 6.90. The molecule has 0 aliphatic carbocycles. The number of hydrogen-bond donors (Lipinski definition) is 0. The Hall–Kier alpha value is -3.02. The fraction of sp³-hybridized carbons (Fsp3) is 0.500. The van der Waals surface area contributed by atoms with E-state index in [1.165, 1.54) is 0 Å². The maximum absolute atomic E-state index is 12.9. The fourth-order valence-electron chi connectivity index (χ4n) is 4.48. The molecule has 34 heavy (non-hydrogen) atoms. The summed E-state index contributed by atoms with van der Waals surface area (Å²) in [6.45, 7) is 15.1. The van der Waals surface area contributed by atoms with Crippen molar-refractivity contribution >= 4 is 23.4 Å². The zero-order valence-corrected chi connectivity index (χ0v) is 21.4. The van der Waals surface area contributed by atoms with Crippen molar-refractivity contribution in [2.45, 2.75) is 73.1 Å². The first-order chi connectivity index (χ1) is 16.3. The molecule has 1 aliphatic rings. The lowest BCUT2D eigenvalue weighted by molar-refractivity contribution is 0.0975. The van der Waals surface area contributed by atoms with Crippen molar-refractivity contribution in [2.75, 3.05) is 0 Å². The first-order valence-electron chi connectivity index (χ1n) is 12.6. The van der Waals surface area contributed by atoms with Gasteiger partial charge in [-0.2, -0.15) is 5.10 Å². The largest absolute Gasteiger partial charge is 0.306 e. The number of ketones is 1. The Labute approximate surface area is 204 Å². The van der Waals surface area contributed by atoms with Crippen LogP contribution >= 0.6 is 0 Å². The van der Waals surface area contributed by atoms with Gasteiger partial charge in [-0.3, -0.25) is 4.79 Å². The van der Waals surface area contributed by atoms with Gasteiger partial charge in [-0.15, -0.1) is 0 Å². The van der Waals surface area contributed by atoms with Crippen LogP contribution in [0.15, 0.2) is 65.0 Å². The van der Waals surface area contributed by atoms with Gasteiger partial charge in [0.25, 0.3) is 0 Å². The van der Waals surface area contributed by atoms with E-state index < -0.39 is 0 Å². The SMILES string of the molecule is C=C1N=C(C)C=C(C(CCCC(=O)c2ccc3nccn3c2)C(C)CCC)N1/N=C\C(C)CC. The number of imidazole rings is 1. The van der Waals surface area contributed by atoms with Crippen LogP contribution < -0.4 is 0 Å². The van der Waals surface area contributed by atoms with Gasteiger partial charge in [-0.25, -0.2) is 15.0 Å². The molecule has 2 aromatic heterocycles. The number of allylic oxidation sites excluding steroid dienone is 2. The maximum atomic E-state index is 12.9. The Bertz CT molecular complexity index is 1090. The van der Waals surface area contributed by atoms with Gasteiger partial charge in [-0.05, 0) is 56.2 Å². The zero-order valence-electron chi connectivity index (χ0n) is 21.4. The highest BCUT2D eigenvalue weighted by atomic mass is 16.1. The van der Waals surface area contributed by atoms with Crippen LogP contribution in [0.3, 0.4) is 0 Å². The Kier molecular flexibility index (Phi) is 8.97. The average molecular weight is 462 g/mol. The van der Waals surface area contributed by atoms with E-state index in [0.717, 1.165) is 54.7 Å². The summed E-state index contributed by atoms with van der Waals surface area (Å²) in [4.78, 5) is 21.8. The van der Waals surface area contributed by atoms with E-state index in [2.05, 4.69) is 50.3 Å². The van der Waals surface area contributed by atoms with Gasteiger partial charge in [0.1, 0.15) is 11.5 Å². The third-order valence-corrected chi connectivity index (χ3v) is 6.67. The monoisotopic (exact) mass is 461 g/mol. The van der Waals surface area contributed by atoms with Crippen LogP contribution in [0.2, 0.25) is 0 Å². The van der Waals surface area contributed by atoms with Crippen LogP contribution in [0, 0.1) is 17.8 Å². The Balaban J connectivity index is 1.76. The van der Waals surface area contributed by atoms with Gasteiger partial charge in [0.2, 0.25) is 0 Å². The molecule has 0 radical (unpaired) electrons. The third-order valence-electron chi connectivity index (χ3n) is 6.67. The van der Waals surface area contributed by atoms with E-state index in [1.54, 1.807) is 6.20 Å². The molecule has 6 heteroatoms. The summed E-state index contributed by atoms with van der Waals surface area (Å²) in [7, 11) is 0. The normalized spacial score (nSPS) is 17.1. The molecule has 0 saturated heterocycles. The Morgan fingerprint density at radius 1 is 1.24 bits per heavy atom. The fourth-order valence-corrected chi connectivity index (χ4v) is 4.48.